The van der Waals surface area contributed by atoms with E-state index in [1.54, 1.807) is 6.07 Å². The van der Waals surface area contributed by atoms with Crippen molar-refractivity contribution in [2.24, 2.45) is 5.41 Å². The van der Waals surface area contributed by atoms with Gasteiger partial charge in [0.15, 0.2) is 0 Å². The van der Waals surface area contributed by atoms with Gasteiger partial charge in [-0.3, -0.25) is 4.79 Å². The molecule has 1 spiro atoms. The van der Waals surface area contributed by atoms with Crippen molar-refractivity contribution in [3.05, 3.63) is 65.7 Å². The first-order valence-corrected chi connectivity index (χ1v) is 11.3. The average Bonchev–Trinajstić information content (AvgIpc) is 3.02. The van der Waals surface area contributed by atoms with E-state index in [2.05, 4.69) is 43.1 Å². The van der Waals surface area contributed by atoms with Crippen molar-refractivity contribution in [1.82, 2.24) is 10.2 Å². The van der Waals surface area contributed by atoms with Crippen molar-refractivity contribution in [3.8, 4) is 0 Å². The van der Waals surface area contributed by atoms with Crippen molar-refractivity contribution >= 4 is 17.6 Å². The Balaban J connectivity index is 1.79. The molecule has 6 heteroatoms. The number of carbonyl (C=O) groups is 2. The summed E-state index contributed by atoms with van der Waals surface area (Å²) in [6, 6.07) is 17.7. The third-order valence-corrected chi connectivity index (χ3v) is 6.60. The quantitative estimate of drug-likeness (QED) is 0.740. The van der Waals surface area contributed by atoms with Crippen LogP contribution in [0.4, 0.5) is 5.69 Å². The van der Waals surface area contributed by atoms with Gasteiger partial charge in [-0.25, -0.2) is 4.79 Å². The first-order chi connectivity index (χ1) is 15.3. The highest BCUT2D eigenvalue weighted by Crippen LogP contribution is 2.47. The number of esters is 1. The third-order valence-electron chi connectivity index (χ3n) is 6.60. The molecule has 2 fully saturated rings. The number of piperidine rings is 1. The van der Waals surface area contributed by atoms with Crippen LogP contribution in [0.25, 0.3) is 0 Å². The van der Waals surface area contributed by atoms with Gasteiger partial charge in [-0.15, -0.1) is 0 Å². The molecule has 1 amide bonds. The molecular weight excluding hydrogens is 402 g/mol. The van der Waals surface area contributed by atoms with Crippen LogP contribution in [-0.4, -0.2) is 48.7 Å². The lowest BCUT2D eigenvalue weighted by molar-refractivity contribution is -0.135. The van der Waals surface area contributed by atoms with Crippen LogP contribution in [0.15, 0.2) is 54.6 Å². The molecular formula is C26H33N3O3. The van der Waals surface area contributed by atoms with Crippen LogP contribution in [0, 0.1) is 5.41 Å². The van der Waals surface area contributed by atoms with E-state index in [9.17, 15) is 9.59 Å². The largest absolute Gasteiger partial charge is 0.465 e. The highest BCUT2D eigenvalue weighted by atomic mass is 16.5. The Hall–Kier alpha value is -2.86. The number of ether oxygens (including phenoxy) is 1. The lowest BCUT2D eigenvalue weighted by Gasteiger charge is -2.46. The molecule has 2 heterocycles. The lowest BCUT2D eigenvalue weighted by atomic mass is 9.84. The van der Waals surface area contributed by atoms with E-state index in [1.807, 2.05) is 41.3 Å². The number of carbonyl (C=O) groups excluding carboxylic acids is 2. The molecule has 2 aromatic rings. The summed E-state index contributed by atoms with van der Waals surface area (Å²) in [7, 11) is 1.38. The number of hydrogen-bond donors (Lipinski definition) is 1. The van der Waals surface area contributed by atoms with E-state index >= 15 is 0 Å². The number of amides is 1. The summed E-state index contributed by atoms with van der Waals surface area (Å²) < 4.78 is 4.89. The zero-order chi connectivity index (χ0) is 22.9. The van der Waals surface area contributed by atoms with Crippen molar-refractivity contribution in [2.45, 2.75) is 51.9 Å². The van der Waals surface area contributed by atoms with Crippen LogP contribution < -0.4 is 10.2 Å². The number of nitrogens with zero attached hydrogens (tertiary/aromatic N) is 2. The highest BCUT2D eigenvalue weighted by Gasteiger charge is 2.60. The number of benzene rings is 2. The van der Waals surface area contributed by atoms with Crippen LogP contribution in [-0.2, 0) is 16.1 Å². The van der Waals surface area contributed by atoms with Crippen LogP contribution in [0.2, 0.25) is 0 Å². The first kappa shape index (κ1) is 22.3. The van der Waals surface area contributed by atoms with Gasteiger partial charge in [-0.2, -0.15) is 0 Å². The van der Waals surface area contributed by atoms with Crippen LogP contribution in [0.1, 0.15) is 49.5 Å². The molecule has 2 aliphatic heterocycles. The van der Waals surface area contributed by atoms with Crippen LogP contribution >= 0.6 is 0 Å². The van der Waals surface area contributed by atoms with Gasteiger partial charge in [0.05, 0.1) is 12.7 Å². The van der Waals surface area contributed by atoms with Gasteiger partial charge in [-0.1, -0.05) is 51.1 Å². The summed E-state index contributed by atoms with van der Waals surface area (Å²) in [6.07, 6.45) is 1.43. The van der Waals surface area contributed by atoms with Gasteiger partial charge in [0.1, 0.15) is 11.7 Å². The molecule has 0 saturated carbocycles. The Bertz CT molecular complexity index is 977. The maximum absolute atomic E-state index is 14.2. The smallest absolute Gasteiger partial charge is 0.337 e. The van der Waals surface area contributed by atoms with Crippen LogP contribution in [0.3, 0.4) is 0 Å². The molecule has 1 N–H and O–H groups in total. The Morgan fingerprint density at radius 3 is 2.41 bits per heavy atom. The molecule has 2 aliphatic rings. The molecule has 1 unspecified atom stereocenters. The SMILES string of the molecule is COC(=O)c1cccc(CN2C(=O)C3(CCNCC3)N(c3ccccc3)C2C(C)(C)C)c1. The van der Waals surface area contributed by atoms with E-state index in [0.29, 0.717) is 12.1 Å². The number of hydrogen-bond acceptors (Lipinski definition) is 5. The predicted octanol–water partition coefficient (Wildman–Crippen LogP) is 3.82. The van der Waals surface area contributed by atoms with Crippen molar-refractivity contribution in [2.75, 3.05) is 25.1 Å². The van der Waals surface area contributed by atoms with Crippen LogP contribution in [0.5, 0.6) is 0 Å². The summed E-state index contributed by atoms with van der Waals surface area (Å²) in [4.78, 5) is 30.6. The monoisotopic (exact) mass is 435 g/mol. The minimum atomic E-state index is -0.565. The number of para-hydroxylation sites is 1. The third kappa shape index (κ3) is 3.88. The molecule has 32 heavy (non-hydrogen) atoms. The zero-order valence-corrected chi connectivity index (χ0v) is 19.4. The maximum atomic E-state index is 14.2. The van der Waals surface area contributed by atoms with Crippen molar-refractivity contribution in [1.29, 1.82) is 0 Å². The van der Waals surface area contributed by atoms with E-state index in [0.717, 1.165) is 37.2 Å². The molecule has 0 radical (unpaired) electrons. The minimum absolute atomic E-state index is 0.114. The first-order valence-electron chi connectivity index (χ1n) is 11.3. The molecule has 1 atom stereocenters. The fourth-order valence-electron chi connectivity index (χ4n) is 5.25. The van der Waals surface area contributed by atoms with E-state index in [-0.39, 0.29) is 23.5 Å². The minimum Gasteiger partial charge on any atom is -0.465 e. The second-order valence-corrected chi connectivity index (χ2v) is 9.85. The van der Waals surface area contributed by atoms with E-state index in [4.69, 9.17) is 4.74 Å². The molecule has 0 bridgehead atoms. The Kier molecular flexibility index (Phi) is 5.99. The fourth-order valence-corrected chi connectivity index (χ4v) is 5.25. The Morgan fingerprint density at radius 1 is 1.09 bits per heavy atom. The Labute approximate surface area is 190 Å². The molecule has 170 valence electrons. The van der Waals surface area contributed by atoms with Crippen molar-refractivity contribution in [3.63, 3.8) is 0 Å². The topological polar surface area (TPSA) is 61.9 Å². The predicted molar refractivity (Wildman–Crippen MR) is 125 cm³/mol. The molecule has 0 aliphatic carbocycles. The van der Waals surface area contributed by atoms with E-state index < -0.39 is 5.54 Å². The zero-order valence-electron chi connectivity index (χ0n) is 19.4. The van der Waals surface area contributed by atoms with Crippen molar-refractivity contribution < 1.29 is 14.3 Å². The van der Waals surface area contributed by atoms with Gasteiger partial charge < -0.3 is 19.9 Å². The molecule has 6 nitrogen and oxygen atoms in total. The molecule has 2 aromatic carbocycles. The normalized spacial score (nSPS) is 20.6. The summed E-state index contributed by atoms with van der Waals surface area (Å²) in [5.74, 6) is -0.195. The second kappa shape index (κ2) is 8.58. The standard InChI is InChI=1S/C26H33N3O3/c1-25(2,3)23-28(18-19-9-8-10-20(17-19)22(30)32-4)24(31)26(13-15-27-16-14-26)29(23)21-11-6-5-7-12-21/h5-12,17,23,27H,13-16,18H2,1-4H3. The number of anilines is 1. The average molecular weight is 436 g/mol. The van der Waals surface area contributed by atoms with Gasteiger partial charge in [0.2, 0.25) is 0 Å². The lowest BCUT2D eigenvalue weighted by Crippen LogP contribution is -2.58. The Morgan fingerprint density at radius 2 is 1.78 bits per heavy atom. The second-order valence-electron chi connectivity index (χ2n) is 9.85. The summed E-state index contributed by atoms with van der Waals surface area (Å²) in [5.41, 5.74) is 1.76. The summed E-state index contributed by atoms with van der Waals surface area (Å²) in [5, 5.41) is 3.42. The number of rotatable bonds is 4. The molecule has 2 saturated heterocycles. The molecule has 4 rings (SSSR count). The number of methoxy groups -OCH3 is 1. The van der Waals surface area contributed by atoms with E-state index in [1.165, 1.54) is 7.11 Å². The van der Waals surface area contributed by atoms with Gasteiger partial charge in [0.25, 0.3) is 5.91 Å². The summed E-state index contributed by atoms with van der Waals surface area (Å²) in [6.45, 7) is 8.66. The fraction of sp³-hybridized carbons (Fsp3) is 0.462. The maximum Gasteiger partial charge on any atom is 0.337 e. The number of nitrogens with one attached hydrogen (secondary N) is 1. The van der Waals surface area contributed by atoms with Gasteiger partial charge in [-0.05, 0) is 55.8 Å². The van der Waals surface area contributed by atoms with Gasteiger partial charge >= 0.3 is 5.97 Å². The van der Waals surface area contributed by atoms with Gasteiger partial charge in [0, 0.05) is 17.6 Å². The highest BCUT2D eigenvalue weighted by molar-refractivity contribution is 5.95. The molecule has 0 aromatic heterocycles. The summed E-state index contributed by atoms with van der Waals surface area (Å²) >= 11 is 0.